The number of aliphatic carboxylic acids is 1. The summed E-state index contributed by atoms with van der Waals surface area (Å²) in [4.78, 5) is 23.1. The van der Waals surface area contributed by atoms with Crippen LogP contribution in [0, 0.1) is 6.92 Å². The molecule has 1 aliphatic rings. The first-order valence-electron chi connectivity index (χ1n) is 7.69. The van der Waals surface area contributed by atoms with Gasteiger partial charge in [-0.3, -0.25) is 0 Å². The fourth-order valence-electron chi connectivity index (χ4n) is 2.64. The highest BCUT2D eigenvalue weighted by atomic mass is 16.5. The van der Waals surface area contributed by atoms with Gasteiger partial charge in [-0.25, -0.2) is 9.59 Å². The van der Waals surface area contributed by atoms with E-state index in [9.17, 15) is 9.59 Å². The van der Waals surface area contributed by atoms with E-state index in [1.165, 1.54) is 0 Å². The Hall–Kier alpha value is -3.02. The van der Waals surface area contributed by atoms with Gasteiger partial charge in [0.1, 0.15) is 5.75 Å². The van der Waals surface area contributed by atoms with Crippen LogP contribution in [0.3, 0.4) is 0 Å². The number of aryl methyl sites for hydroxylation is 2. The molecule has 6 heteroatoms. The summed E-state index contributed by atoms with van der Waals surface area (Å²) >= 11 is 0. The van der Waals surface area contributed by atoms with Gasteiger partial charge < -0.3 is 20.5 Å². The van der Waals surface area contributed by atoms with Crippen LogP contribution in [0.4, 0.5) is 16.2 Å². The number of fused-ring (bicyclic) bond motifs is 1. The minimum atomic E-state index is -0.958. The van der Waals surface area contributed by atoms with Gasteiger partial charge in [0.15, 0.2) is 6.10 Å². The van der Waals surface area contributed by atoms with Gasteiger partial charge in [-0.15, -0.1) is 0 Å². The lowest BCUT2D eigenvalue weighted by Gasteiger charge is -2.23. The molecular weight excluding hydrogens is 308 g/mol. The zero-order chi connectivity index (χ0) is 17.1. The largest absolute Gasteiger partial charge is 0.479 e. The molecule has 0 radical (unpaired) electrons. The Balaban J connectivity index is 1.67. The van der Waals surface area contributed by atoms with Gasteiger partial charge in [0.25, 0.3) is 0 Å². The molecule has 0 spiro atoms. The lowest BCUT2D eigenvalue weighted by Crippen LogP contribution is -2.30. The van der Waals surface area contributed by atoms with Crippen molar-refractivity contribution >= 4 is 23.4 Å². The minimum Gasteiger partial charge on any atom is -0.479 e. The third-order valence-electron chi connectivity index (χ3n) is 3.93. The van der Waals surface area contributed by atoms with Crippen LogP contribution in [0.1, 0.15) is 17.5 Å². The number of hydrogen-bond acceptors (Lipinski definition) is 3. The van der Waals surface area contributed by atoms with Crippen molar-refractivity contribution in [2.75, 3.05) is 10.6 Å². The van der Waals surface area contributed by atoms with E-state index < -0.39 is 12.1 Å². The lowest BCUT2D eigenvalue weighted by atomic mass is 10.0. The summed E-state index contributed by atoms with van der Waals surface area (Å²) in [5, 5.41) is 14.6. The van der Waals surface area contributed by atoms with Crippen molar-refractivity contribution in [1.82, 2.24) is 0 Å². The Morgan fingerprint density at radius 2 is 1.96 bits per heavy atom. The van der Waals surface area contributed by atoms with Gasteiger partial charge in [0.2, 0.25) is 0 Å². The number of ether oxygens (including phenoxy) is 1. The summed E-state index contributed by atoms with van der Waals surface area (Å²) < 4.78 is 5.44. The number of nitrogens with one attached hydrogen (secondary N) is 2. The molecule has 0 saturated carbocycles. The first-order valence-corrected chi connectivity index (χ1v) is 7.69. The van der Waals surface area contributed by atoms with Crippen LogP contribution < -0.4 is 15.4 Å². The number of urea groups is 1. The average Bonchev–Trinajstić information content (AvgIpc) is 2.56. The molecule has 1 aliphatic heterocycles. The second-order valence-electron chi connectivity index (χ2n) is 5.70. The molecule has 3 rings (SSSR count). The van der Waals surface area contributed by atoms with E-state index in [0.29, 0.717) is 24.3 Å². The normalized spacial score (nSPS) is 15.8. The third kappa shape index (κ3) is 3.48. The summed E-state index contributed by atoms with van der Waals surface area (Å²) in [6.45, 7) is 1.92. The number of amides is 2. The molecule has 0 saturated heterocycles. The van der Waals surface area contributed by atoms with E-state index in [0.717, 1.165) is 16.8 Å². The second-order valence-corrected chi connectivity index (χ2v) is 5.70. The lowest BCUT2D eigenvalue weighted by molar-refractivity contribution is -0.145. The van der Waals surface area contributed by atoms with Gasteiger partial charge in [0.05, 0.1) is 0 Å². The molecule has 1 atom stereocenters. The smallest absolute Gasteiger partial charge is 0.344 e. The van der Waals surface area contributed by atoms with Gasteiger partial charge in [0, 0.05) is 11.4 Å². The minimum absolute atomic E-state index is 0.329. The summed E-state index contributed by atoms with van der Waals surface area (Å²) in [5.41, 5.74) is 3.25. The molecule has 0 fully saturated rings. The molecule has 6 nitrogen and oxygen atoms in total. The Bertz CT molecular complexity index is 788. The van der Waals surface area contributed by atoms with Crippen molar-refractivity contribution in [2.45, 2.75) is 25.9 Å². The van der Waals surface area contributed by atoms with Crippen LogP contribution >= 0.6 is 0 Å². The number of carboxylic acid groups (broad SMARTS) is 1. The number of para-hydroxylation sites is 1. The zero-order valence-electron chi connectivity index (χ0n) is 13.2. The summed E-state index contributed by atoms with van der Waals surface area (Å²) in [6, 6.07) is 12.4. The fourth-order valence-corrected chi connectivity index (χ4v) is 2.64. The molecule has 3 N–H and O–H groups in total. The van der Waals surface area contributed by atoms with Crippen molar-refractivity contribution in [3.05, 3.63) is 53.6 Å². The molecule has 2 aromatic carbocycles. The molecule has 124 valence electrons. The molecule has 0 bridgehead atoms. The number of anilines is 2. The highest BCUT2D eigenvalue weighted by molar-refractivity contribution is 6.00. The van der Waals surface area contributed by atoms with E-state index in [4.69, 9.17) is 9.84 Å². The maximum Gasteiger partial charge on any atom is 0.344 e. The monoisotopic (exact) mass is 326 g/mol. The van der Waals surface area contributed by atoms with E-state index in [2.05, 4.69) is 10.6 Å². The standard InChI is InChI=1S/C18H18N2O4/c1-11-4-2-3-5-14(11)20-18(23)19-13-7-9-15-12(10-13)6-8-16(24-15)17(21)22/h2-5,7,9-10,16H,6,8H2,1H3,(H,21,22)(H2,19,20,23). The number of carbonyl (C=O) groups excluding carboxylic acids is 1. The third-order valence-corrected chi connectivity index (χ3v) is 3.93. The topological polar surface area (TPSA) is 87.7 Å². The maximum absolute atomic E-state index is 12.1. The molecule has 1 heterocycles. The highest BCUT2D eigenvalue weighted by Gasteiger charge is 2.25. The van der Waals surface area contributed by atoms with Gasteiger partial charge in [-0.05, 0) is 55.2 Å². The molecular formula is C18H18N2O4. The maximum atomic E-state index is 12.1. The molecule has 0 aromatic heterocycles. The summed E-state index contributed by atoms with van der Waals surface area (Å²) in [5.74, 6) is -0.404. The molecule has 1 unspecified atom stereocenters. The van der Waals surface area contributed by atoms with Crippen molar-refractivity contribution in [2.24, 2.45) is 0 Å². The number of hydrogen-bond donors (Lipinski definition) is 3. The van der Waals surface area contributed by atoms with Crippen LogP contribution in [0.5, 0.6) is 5.75 Å². The summed E-state index contributed by atoms with van der Waals surface area (Å²) in [7, 11) is 0. The number of carboxylic acids is 1. The van der Waals surface area contributed by atoms with Gasteiger partial charge in [-0.2, -0.15) is 0 Å². The van der Waals surface area contributed by atoms with Crippen LogP contribution in [0.15, 0.2) is 42.5 Å². The van der Waals surface area contributed by atoms with Gasteiger partial charge in [-0.1, -0.05) is 18.2 Å². The predicted octanol–water partition coefficient (Wildman–Crippen LogP) is 3.42. The highest BCUT2D eigenvalue weighted by Crippen LogP contribution is 2.30. The molecule has 2 amide bonds. The molecule has 0 aliphatic carbocycles. The fraction of sp³-hybridized carbons (Fsp3) is 0.222. The van der Waals surface area contributed by atoms with Crippen LogP contribution in [0.2, 0.25) is 0 Å². The van der Waals surface area contributed by atoms with E-state index >= 15 is 0 Å². The van der Waals surface area contributed by atoms with Crippen LogP contribution in [-0.4, -0.2) is 23.2 Å². The number of benzene rings is 2. The number of carbonyl (C=O) groups is 2. The first-order chi connectivity index (χ1) is 11.5. The van der Waals surface area contributed by atoms with Crippen molar-refractivity contribution in [3.63, 3.8) is 0 Å². The quantitative estimate of drug-likeness (QED) is 0.806. The Labute approximate surface area is 139 Å². The first kappa shape index (κ1) is 15.9. The SMILES string of the molecule is Cc1ccccc1NC(=O)Nc1ccc2c(c1)CCC(C(=O)O)O2. The average molecular weight is 326 g/mol. The van der Waals surface area contributed by atoms with E-state index in [1.807, 2.05) is 37.3 Å². The van der Waals surface area contributed by atoms with E-state index in [-0.39, 0.29) is 6.03 Å². The van der Waals surface area contributed by atoms with Crippen LogP contribution in [-0.2, 0) is 11.2 Å². The Morgan fingerprint density at radius 3 is 2.71 bits per heavy atom. The van der Waals surface area contributed by atoms with E-state index in [1.54, 1.807) is 12.1 Å². The van der Waals surface area contributed by atoms with Crippen LogP contribution in [0.25, 0.3) is 0 Å². The number of rotatable bonds is 3. The van der Waals surface area contributed by atoms with Crippen molar-refractivity contribution < 1.29 is 19.4 Å². The predicted molar refractivity (Wildman–Crippen MR) is 90.6 cm³/mol. The zero-order valence-corrected chi connectivity index (χ0v) is 13.2. The molecule has 24 heavy (non-hydrogen) atoms. The van der Waals surface area contributed by atoms with Gasteiger partial charge >= 0.3 is 12.0 Å². The second kappa shape index (κ2) is 6.62. The van der Waals surface area contributed by atoms with Crippen molar-refractivity contribution in [1.29, 1.82) is 0 Å². The Kier molecular flexibility index (Phi) is 4.37. The molecule has 2 aromatic rings. The Morgan fingerprint density at radius 1 is 1.17 bits per heavy atom. The van der Waals surface area contributed by atoms with Crippen molar-refractivity contribution in [3.8, 4) is 5.75 Å². The summed E-state index contributed by atoms with van der Waals surface area (Å²) in [6.07, 6.45) is 0.211.